The molecule has 28 heavy (non-hydrogen) atoms. The van der Waals surface area contributed by atoms with Gasteiger partial charge in [0.1, 0.15) is 5.82 Å². The third-order valence-electron chi connectivity index (χ3n) is 5.04. The molecule has 0 atom stereocenters. The molecule has 0 radical (unpaired) electrons. The number of hydrogen-bond acceptors (Lipinski definition) is 5. The summed E-state index contributed by atoms with van der Waals surface area (Å²) in [5, 5.41) is 1.04. The van der Waals surface area contributed by atoms with E-state index in [9.17, 15) is 4.79 Å². The summed E-state index contributed by atoms with van der Waals surface area (Å²) in [7, 11) is 0. The molecule has 1 fully saturated rings. The van der Waals surface area contributed by atoms with E-state index in [1.54, 1.807) is 12.4 Å². The Hall–Kier alpha value is -3.02. The maximum Gasteiger partial charge on any atom is 0.222 e. The van der Waals surface area contributed by atoms with Crippen molar-refractivity contribution in [2.45, 2.75) is 20.3 Å². The number of piperazine rings is 1. The van der Waals surface area contributed by atoms with E-state index >= 15 is 0 Å². The van der Waals surface area contributed by atoms with Gasteiger partial charge in [0.2, 0.25) is 5.91 Å². The number of carbonyl (C=O) groups is 1. The van der Waals surface area contributed by atoms with Gasteiger partial charge in [-0.2, -0.15) is 0 Å². The fourth-order valence-corrected chi connectivity index (χ4v) is 3.58. The minimum absolute atomic E-state index is 0.250. The zero-order valence-electron chi connectivity index (χ0n) is 16.4. The molecule has 0 bridgehead atoms. The van der Waals surface area contributed by atoms with E-state index in [1.165, 1.54) is 0 Å². The molecule has 1 amide bonds. The fraction of sp³-hybridized carbons (Fsp3) is 0.364. The zero-order valence-corrected chi connectivity index (χ0v) is 16.4. The molecule has 6 heteroatoms. The Morgan fingerprint density at radius 2 is 1.71 bits per heavy atom. The molecular formula is C22H25N5O. The number of carbonyl (C=O) groups excluding carboxylic acids is 1. The molecular weight excluding hydrogens is 350 g/mol. The molecule has 1 aliphatic rings. The summed E-state index contributed by atoms with van der Waals surface area (Å²) in [4.78, 5) is 30.4. The van der Waals surface area contributed by atoms with Crippen molar-refractivity contribution in [2.24, 2.45) is 5.92 Å². The maximum absolute atomic E-state index is 12.4. The number of rotatable bonds is 4. The standard InChI is InChI=1S/C22H25N5O/c1-16(2)15-20(28)26-11-13-27(14-12-26)22-18-5-3-4-6-19(18)24-21(25-22)17-7-9-23-10-8-17/h3-10,16H,11-15H2,1-2H3. The van der Waals surface area contributed by atoms with Gasteiger partial charge in [0.15, 0.2) is 5.82 Å². The first-order chi connectivity index (χ1) is 13.6. The molecule has 6 nitrogen and oxygen atoms in total. The molecule has 0 spiro atoms. The molecule has 3 heterocycles. The van der Waals surface area contributed by atoms with Crippen LogP contribution in [-0.4, -0.2) is 51.9 Å². The number of amides is 1. The molecule has 0 N–H and O–H groups in total. The summed E-state index contributed by atoms with van der Waals surface area (Å²) in [6, 6.07) is 12.0. The lowest BCUT2D eigenvalue weighted by Crippen LogP contribution is -2.49. The molecule has 0 unspecified atom stereocenters. The summed E-state index contributed by atoms with van der Waals surface area (Å²) >= 11 is 0. The Labute approximate surface area is 165 Å². The first-order valence-corrected chi connectivity index (χ1v) is 9.81. The van der Waals surface area contributed by atoms with Crippen LogP contribution in [0.4, 0.5) is 5.82 Å². The quantitative estimate of drug-likeness (QED) is 0.699. The Bertz CT molecular complexity index is 965. The Morgan fingerprint density at radius 3 is 2.43 bits per heavy atom. The van der Waals surface area contributed by atoms with Crippen LogP contribution >= 0.6 is 0 Å². The van der Waals surface area contributed by atoms with E-state index in [2.05, 4.69) is 29.8 Å². The van der Waals surface area contributed by atoms with Crippen molar-refractivity contribution in [1.29, 1.82) is 0 Å². The fourth-order valence-electron chi connectivity index (χ4n) is 3.58. The Kier molecular flexibility index (Phi) is 5.19. The number of benzene rings is 1. The molecule has 0 saturated carbocycles. The van der Waals surface area contributed by atoms with Gasteiger partial charge in [-0.1, -0.05) is 26.0 Å². The molecule has 2 aromatic heterocycles. The number of fused-ring (bicyclic) bond motifs is 1. The number of anilines is 1. The van der Waals surface area contributed by atoms with Gasteiger partial charge in [-0.3, -0.25) is 9.78 Å². The van der Waals surface area contributed by atoms with Crippen molar-refractivity contribution in [3.05, 3.63) is 48.8 Å². The largest absolute Gasteiger partial charge is 0.352 e. The SMILES string of the molecule is CC(C)CC(=O)N1CCN(c2nc(-c3ccncc3)nc3ccccc23)CC1. The van der Waals surface area contributed by atoms with Crippen LogP contribution in [0.2, 0.25) is 0 Å². The summed E-state index contributed by atoms with van der Waals surface area (Å²) in [6.07, 6.45) is 4.13. The van der Waals surface area contributed by atoms with Gasteiger partial charge in [-0.25, -0.2) is 9.97 Å². The lowest BCUT2D eigenvalue weighted by molar-refractivity contribution is -0.132. The van der Waals surface area contributed by atoms with Crippen molar-refractivity contribution >= 4 is 22.6 Å². The van der Waals surface area contributed by atoms with Crippen LogP contribution in [0.5, 0.6) is 0 Å². The van der Waals surface area contributed by atoms with Gasteiger partial charge >= 0.3 is 0 Å². The molecule has 1 saturated heterocycles. The number of hydrogen-bond donors (Lipinski definition) is 0. The topological polar surface area (TPSA) is 62.2 Å². The number of pyridine rings is 1. The molecule has 1 aromatic carbocycles. The maximum atomic E-state index is 12.4. The highest BCUT2D eigenvalue weighted by Crippen LogP contribution is 2.28. The molecule has 4 rings (SSSR count). The van der Waals surface area contributed by atoms with Crippen LogP contribution in [0.15, 0.2) is 48.8 Å². The monoisotopic (exact) mass is 375 g/mol. The van der Waals surface area contributed by atoms with Gasteiger partial charge in [-0.15, -0.1) is 0 Å². The first-order valence-electron chi connectivity index (χ1n) is 9.81. The Morgan fingerprint density at radius 1 is 1.00 bits per heavy atom. The van der Waals surface area contributed by atoms with Crippen LogP contribution < -0.4 is 4.90 Å². The van der Waals surface area contributed by atoms with Gasteiger partial charge in [-0.05, 0) is 30.2 Å². The molecule has 144 valence electrons. The summed E-state index contributed by atoms with van der Waals surface area (Å²) < 4.78 is 0. The lowest BCUT2D eigenvalue weighted by Gasteiger charge is -2.36. The van der Waals surface area contributed by atoms with E-state index in [-0.39, 0.29) is 5.91 Å². The second-order valence-corrected chi connectivity index (χ2v) is 7.59. The van der Waals surface area contributed by atoms with Crippen LogP contribution in [-0.2, 0) is 4.79 Å². The minimum Gasteiger partial charge on any atom is -0.352 e. The summed E-state index contributed by atoms with van der Waals surface area (Å²) in [6.45, 7) is 7.19. The number of para-hydroxylation sites is 1. The smallest absolute Gasteiger partial charge is 0.222 e. The van der Waals surface area contributed by atoms with Gasteiger partial charge in [0.25, 0.3) is 0 Å². The van der Waals surface area contributed by atoms with Crippen LogP contribution in [0.3, 0.4) is 0 Å². The van der Waals surface area contributed by atoms with E-state index in [0.717, 1.165) is 48.5 Å². The average molecular weight is 375 g/mol. The number of nitrogens with zero attached hydrogens (tertiary/aromatic N) is 5. The third-order valence-corrected chi connectivity index (χ3v) is 5.04. The second kappa shape index (κ2) is 7.92. The Balaban J connectivity index is 1.63. The highest BCUT2D eigenvalue weighted by atomic mass is 16.2. The molecule has 3 aromatic rings. The van der Waals surface area contributed by atoms with Gasteiger partial charge in [0, 0.05) is 55.9 Å². The van der Waals surface area contributed by atoms with E-state index < -0.39 is 0 Å². The van der Waals surface area contributed by atoms with Crippen LogP contribution in [0.25, 0.3) is 22.3 Å². The normalized spacial score (nSPS) is 14.7. The van der Waals surface area contributed by atoms with Crippen LogP contribution in [0.1, 0.15) is 20.3 Å². The van der Waals surface area contributed by atoms with Crippen molar-refractivity contribution < 1.29 is 4.79 Å². The summed E-state index contributed by atoms with van der Waals surface area (Å²) in [5.74, 6) is 2.28. The van der Waals surface area contributed by atoms with Crippen LogP contribution in [0, 0.1) is 5.92 Å². The van der Waals surface area contributed by atoms with Crippen molar-refractivity contribution in [1.82, 2.24) is 19.9 Å². The van der Waals surface area contributed by atoms with Crippen molar-refractivity contribution in [3.63, 3.8) is 0 Å². The number of aromatic nitrogens is 3. The minimum atomic E-state index is 0.250. The van der Waals surface area contributed by atoms with Gasteiger partial charge in [0.05, 0.1) is 5.52 Å². The predicted octanol–water partition coefficient (Wildman–Crippen LogP) is 3.39. The highest BCUT2D eigenvalue weighted by Gasteiger charge is 2.24. The first kappa shape index (κ1) is 18.3. The molecule has 0 aliphatic carbocycles. The third kappa shape index (κ3) is 3.81. The molecule has 1 aliphatic heterocycles. The average Bonchev–Trinajstić information content (AvgIpc) is 2.73. The highest BCUT2D eigenvalue weighted by molar-refractivity contribution is 5.91. The lowest BCUT2D eigenvalue weighted by atomic mass is 10.1. The van der Waals surface area contributed by atoms with Crippen molar-refractivity contribution in [2.75, 3.05) is 31.1 Å². The predicted molar refractivity (Wildman–Crippen MR) is 111 cm³/mol. The summed E-state index contributed by atoms with van der Waals surface area (Å²) in [5.41, 5.74) is 1.88. The van der Waals surface area contributed by atoms with E-state index in [0.29, 0.717) is 18.2 Å². The second-order valence-electron chi connectivity index (χ2n) is 7.59. The van der Waals surface area contributed by atoms with Crippen molar-refractivity contribution in [3.8, 4) is 11.4 Å². The van der Waals surface area contributed by atoms with Gasteiger partial charge < -0.3 is 9.80 Å². The van der Waals surface area contributed by atoms with E-state index in [4.69, 9.17) is 9.97 Å². The zero-order chi connectivity index (χ0) is 19.5. The van der Waals surface area contributed by atoms with E-state index in [1.807, 2.05) is 35.2 Å².